The molecule has 0 radical (unpaired) electrons. The summed E-state index contributed by atoms with van der Waals surface area (Å²) in [5.74, 6) is 3.07. The van der Waals surface area contributed by atoms with Gasteiger partial charge in [0.2, 0.25) is 5.91 Å². The minimum absolute atomic E-state index is 0.125. The van der Waals surface area contributed by atoms with Crippen LogP contribution < -0.4 is 11.1 Å². The van der Waals surface area contributed by atoms with Crippen molar-refractivity contribution in [1.29, 1.82) is 0 Å². The normalized spacial score (nSPS) is 16.5. The Morgan fingerprint density at radius 1 is 1.44 bits per heavy atom. The van der Waals surface area contributed by atoms with E-state index in [1.807, 2.05) is 36.9 Å². The molecule has 1 aromatic carbocycles. The molecule has 1 heterocycles. The predicted molar refractivity (Wildman–Crippen MR) is 78.9 cm³/mol. The second-order valence-electron chi connectivity index (χ2n) is 4.88. The summed E-state index contributed by atoms with van der Waals surface area (Å²) in [5.41, 5.74) is 8.31. The SMILES string of the molecule is Cc1cc(N)ccc1NC(=O)CC1CCSCC1. The van der Waals surface area contributed by atoms with E-state index >= 15 is 0 Å². The number of anilines is 2. The predicted octanol–water partition coefficient (Wildman–Crippen LogP) is 3.05. The first-order valence-electron chi connectivity index (χ1n) is 6.39. The molecule has 98 valence electrons. The summed E-state index contributed by atoms with van der Waals surface area (Å²) < 4.78 is 0. The molecule has 1 saturated heterocycles. The first-order chi connectivity index (χ1) is 8.65. The van der Waals surface area contributed by atoms with Gasteiger partial charge in [0, 0.05) is 17.8 Å². The fourth-order valence-electron chi connectivity index (χ4n) is 2.24. The van der Waals surface area contributed by atoms with Gasteiger partial charge in [-0.25, -0.2) is 0 Å². The fourth-order valence-corrected chi connectivity index (χ4v) is 3.45. The van der Waals surface area contributed by atoms with Gasteiger partial charge in [-0.15, -0.1) is 0 Å². The third-order valence-corrected chi connectivity index (χ3v) is 4.39. The second-order valence-corrected chi connectivity index (χ2v) is 6.11. The minimum atomic E-state index is 0.125. The lowest BCUT2D eigenvalue weighted by atomic mass is 9.98. The van der Waals surface area contributed by atoms with Crippen LogP contribution in [-0.2, 0) is 4.79 Å². The molecule has 0 atom stereocenters. The molecule has 4 heteroatoms. The summed E-state index contributed by atoms with van der Waals surface area (Å²) in [5, 5.41) is 2.98. The lowest BCUT2D eigenvalue weighted by Crippen LogP contribution is -2.20. The van der Waals surface area contributed by atoms with Gasteiger partial charge in [0.05, 0.1) is 0 Å². The van der Waals surface area contributed by atoms with E-state index in [1.54, 1.807) is 0 Å². The number of nitrogens with two attached hydrogens (primary N) is 1. The van der Waals surface area contributed by atoms with Crippen LogP contribution in [0.4, 0.5) is 11.4 Å². The van der Waals surface area contributed by atoms with Crippen molar-refractivity contribution < 1.29 is 4.79 Å². The summed E-state index contributed by atoms with van der Waals surface area (Å²) in [6.07, 6.45) is 2.97. The average molecular weight is 264 g/mol. The molecule has 0 aliphatic carbocycles. The van der Waals surface area contributed by atoms with Crippen LogP contribution in [0.15, 0.2) is 18.2 Å². The van der Waals surface area contributed by atoms with Crippen molar-refractivity contribution >= 4 is 29.0 Å². The molecule has 0 aromatic heterocycles. The smallest absolute Gasteiger partial charge is 0.224 e. The summed E-state index contributed by atoms with van der Waals surface area (Å²) in [6, 6.07) is 5.58. The molecular weight excluding hydrogens is 244 g/mol. The Morgan fingerprint density at radius 2 is 2.17 bits per heavy atom. The summed E-state index contributed by atoms with van der Waals surface area (Å²) in [4.78, 5) is 12.0. The van der Waals surface area contributed by atoms with Gasteiger partial charge in [0.25, 0.3) is 0 Å². The van der Waals surface area contributed by atoms with Gasteiger partial charge in [0.15, 0.2) is 0 Å². The average Bonchev–Trinajstić information content (AvgIpc) is 2.34. The Labute approximate surface area is 113 Å². The highest BCUT2D eigenvalue weighted by molar-refractivity contribution is 7.99. The van der Waals surface area contributed by atoms with E-state index in [9.17, 15) is 4.79 Å². The van der Waals surface area contributed by atoms with Crippen LogP contribution in [-0.4, -0.2) is 17.4 Å². The Morgan fingerprint density at radius 3 is 2.83 bits per heavy atom. The van der Waals surface area contributed by atoms with Crippen molar-refractivity contribution in [3.63, 3.8) is 0 Å². The number of rotatable bonds is 3. The molecule has 3 N–H and O–H groups in total. The minimum Gasteiger partial charge on any atom is -0.399 e. The maximum atomic E-state index is 12.0. The number of nitrogens with one attached hydrogen (secondary N) is 1. The summed E-state index contributed by atoms with van der Waals surface area (Å²) in [6.45, 7) is 1.96. The van der Waals surface area contributed by atoms with Crippen LogP contribution >= 0.6 is 11.8 Å². The topological polar surface area (TPSA) is 55.1 Å². The number of hydrogen-bond acceptors (Lipinski definition) is 3. The second kappa shape index (κ2) is 6.14. The van der Waals surface area contributed by atoms with Crippen molar-refractivity contribution in [2.24, 2.45) is 5.92 Å². The van der Waals surface area contributed by atoms with Crippen LogP contribution in [0.25, 0.3) is 0 Å². The Balaban J connectivity index is 1.90. The first kappa shape index (κ1) is 13.3. The van der Waals surface area contributed by atoms with E-state index in [0.717, 1.165) is 16.9 Å². The number of carbonyl (C=O) groups is 1. The molecule has 1 aliphatic rings. The molecule has 3 nitrogen and oxygen atoms in total. The molecule has 1 fully saturated rings. The number of benzene rings is 1. The van der Waals surface area contributed by atoms with E-state index in [-0.39, 0.29) is 5.91 Å². The number of amides is 1. The number of carbonyl (C=O) groups excluding carboxylic acids is 1. The van der Waals surface area contributed by atoms with E-state index in [1.165, 1.54) is 24.3 Å². The lowest BCUT2D eigenvalue weighted by Gasteiger charge is -2.20. The third-order valence-electron chi connectivity index (χ3n) is 3.34. The van der Waals surface area contributed by atoms with Gasteiger partial charge in [-0.05, 0) is 61.0 Å². The maximum Gasteiger partial charge on any atom is 0.224 e. The number of hydrogen-bond donors (Lipinski definition) is 2. The van der Waals surface area contributed by atoms with Crippen molar-refractivity contribution in [3.05, 3.63) is 23.8 Å². The van der Waals surface area contributed by atoms with Gasteiger partial charge >= 0.3 is 0 Å². The van der Waals surface area contributed by atoms with Gasteiger partial charge in [-0.2, -0.15) is 11.8 Å². The van der Waals surface area contributed by atoms with E-state index < -0.39 is 0 Å². The Hall–Kier alpha value is -1.16. The van der Waals surface area contributed by atoms with Crippen LogP contribution in [0.2, 0.25) is 0 Å². The Kier molecular flexibility index (Phi) is 4.53. The monoisotopic (exact) mass is 264 g/mol. The van der Waals surface area contributed by atoms with Crippen LogP contribution in [0.3, 0.4) is 0 Å². The van der Waals surface area contributed by atoms with E-state index in [2.05, 4.69) is 5.32 Å². The molecule has 18 heavy (non-hydrogen) atoms. The summed E-state index contributed by atoms with van der Waals surface area (Å²) >= 11 is 1.99. The van der Waals surface area contributed by atoms with Crippen LogP contribution in [0, 0.1) is 12.8 Å². The zero-order chi connectivity index (χ0) is 13.0. The number of aryl methyl sites for hydroxylation is 1. The van der Waals surface area contributed by atoms with Gasteiger partial charge < -0.3 is 11.1 Å². The van der Waals surface area contributed by atoms with E-state index in [4.69, 9.17) is 5.73 Å². The van der Waals surface area contributed by atoms with Crippen molar-refractivity contribution in [1.82, 2.24) is 0 Å². The molecular formula is C14H20N2OS. The van der Waals surface area contributed by atoms with Gasteiger partial charge in [-0.1, -0.05) is 0 Å². The molecule has 1 aliphatic heterocycles. The highest BCUT2D eigenvalue weighted by Gasteiger charge is 2.17. The van der Waals surface area contributed by atoms with Crippen molar-refractivity contribution in [3.8, 4) is 0 Å². The van der Waals surface area contributed by atoms with Crippen LogP contribution in [0.5, 0.6) is 0 Å². The molecule has 1 amide bonds. The zero-order valence-corrected chi connectivity index (χ0v) is 11.6. The molecule has 0 saturated carbocycles. The summed E-state index contributed by atoms with van der Waals surface area (Å²) in [7, 11) is 0. The van der Waals surface area contributed by atoms with Crippen LogP contribution in [0.1, 0.15) is 24.8 Å². The van der Waals surface area contributed by atoms with Crippen molar-refractivity contribution in [2.75, 3.05) is 22.6 Å². The first-order valence-corrected chi connectivity index (χ1v) is 7.54. The van der Waals surface area contributed by atoms with Crippen molar-refractivity contribution in [2.45, 2.75) is 26.2 Å². The number of thioether (sulfide) groups is 1. The largest absolute Gasteiger partial charge is 0.399 e. The quantitative estimate of drug-likeness (QED) is 0.825. The Bertz CT molecular complexity index is 428. The van der Waals surface area contributed by atoms with Gasteiger partial charge in [-0.3, -0.25) is 4.79 Å². The molecule has 0 unspecified atom stereocenters. The molecule has 1 aromatic rings. The third kappa shape index (κ3) is 3.67. The number of nitrogen functional groups attached to an aromatic ring is 1. The molecule has 0 bridgehead atoms. The maximum absolute atomic E-state index is 12.0. The highest BCUT2D eigenvalue weighted by atomic mass is 32.2. The molecule has 2 rings (SSSR count). The fraction of sp³-hybridized carbons (Fsp3) is 0.500. The van der Waals surface area contributed by atoms with E-state index in [0.29, 0.717) is 12.3 Å². The highest BCUT2D eigenvalue weighted by Crippen LogP contribution is 2.26. The standard InChI is InChI=1S/C14H20N2OS/c1-10-8-12(15)2-3-13(10)16-14(17)9-11-4-6-18-7-5-11/h2-3,8,11H,4-7,9,15H2,1H3,(H,16,17). The van der Waals surface area contributed by atoms with Gasteiger partial charge in [0.1, 0.15) is 0 Å². The lowest BCUT2D eigenvalue weighted by molar-refractivity contribution is -0.117. The molecule has 0 spiro atoms. The zero-order valence-electron chi connectivity index (χ0n) is 10.7.